The van der Waals surface area contributed by atoms with Gasteiger partial charge in [0.15, 0.2) is 0 Å². The lowest BCUT2D eigenvalue weighted by atomic mass is 9.72. The number of nitrogens with one attached hydrogen (secondary N) is 1. The van der Waals surface area contributed by atoms with Gasteiger partial charge in [-0.05, 0) is 67.2 Å². The van der Waals surface area contributed by atoms with Crippen LogP contribution in [0.1, 0.15) is 77.8 Å². The lowest BCUT2D eigenvalue weighted by Crippen LogP contribution is -2.26. The number of ether oxygens (including phenoxy) is 1. The summed E-state index contributed by atoms with van der Waals surface area (Å²) >= 11 is 1.53. The van der Waals surface area contributed by atoms with Crippen molar-refractivity contribution >= 4 is 28.2 Å². The standard InChI is InChI=1S/C24H31NO3S/c1-6-15-8-10-16(11-9-15)21(26)25-22-20(23(27)28-7-2)18-13-12-17(24(3,4)5)14-19(18)29-22/h8-11,17H,6-7,12-14H2,1-5H3,(H,25,26). The van der Waals surface area contributed by atoms with E-state index in [1.807, 2.05) is 24.3 Å². The van der Waals surface area contributed by atoms with Crippen LogP contribution in [-0.4, -0.2) is 18.5 Å². The molecule has 1 N–H and O–H groups in total. The fraction of sp³-hybridized carbons (Fsp3) is 0.500. The molecule has 0 saturated carbocycles. The van der Waals surface area contributed by atoms with Gasteiger partial charge in [-0.2, -0.15) is 0 Å². The number of esters is 1. The van der Waals surface area contributed by atoms with Crippen molar-refractivity contribution in [3.8, 4) is 0 Å². The van der Waals surface area contributed by atoms with Crippen LogP contribution >= 0.6 is 11.3 Å². The number of benzene rings is 1. The molecule has 0 saturated heterocycles. The molecule has 1 aromatic carbocycles. The van der Waals surface area contributed by atoms with Crippen LogP contribution in [0.2, 0.25) is 0 Å². The van der Waals surface area contributed by atoms with Gasteiger partial charge < -0.3 is 10.1 Å². The van der Waals surface area contributed by atoms with Gasteiger partial charge in [0.05, 0.1) is 12.2 Å². The van der Waals surface area contributed by atoms with E-state index in [1.165, 1.54) is 21.8 Å². The monoisotopic (exact) mass is 413 g/mol. The summed E-state index contributed by atoms with van der Waals surface area (Å²) in [6, 6.07) is 7.60. The van der Waals surface area contributed by atoms with E-state index in [0.29, 0.717) is 28.7 Å². The minimum absolute atomic E-state index is 0.191. The minimum Gasteiger partial charge on any atom is -0.462 e. The first kappa shape index (κ1) is 21.6. The number of carbonyl (C=O) groups is 2. The molecule has 5 heteroatoms. The number of fused-ring (bicyclic) bond motifs is 1. The Morgan fingerprint density at radius 1 is 1.17 bits per heavy atom. The summed E-state index contributed by atoms with van der Waals surface area (Å²) in [5, 5.41) is 3.61. The number of carbonyl (C=O) groups excluding carboxylic acids is 2. The average molecular weight is 414 g/mol. The largest absolute Gasteiger partial charge is 0.462 e. The van der Waals surface area contributed by atoms with Gasteiger partial charge in [0, 0.05) is 10.4 Å². The molecule has 1 amide bonds. The van der Waals surface area contributed by atoms with E-state index in [2.05, 4.69) is 33.0 Å². The molecule has 0 radical (unpaired) electrons. The van der Waals surface area contributed by atoms with Crippen LogP contribution in [0.15, 0.2) is 24.3 Å². The lowest BCUT2D eigenvalue weighted by molar-refractivity contribution is 0.0526. The molecule has 29 heavy (non-hydrogen) atoms. The molecule has 1 atom stereocenters. The first-order valence-corrected chi connectivity index (χ1v) is 11.3. The molecule has 4 nitrogen and oxygen atoms in total. The van der Waals surface area contributed by atoms with Crippen LogP contribution in [0.4, 0.5) is 5.00 Å². The Labute approximate surface area is 177 Å². The number of amides is 1. The maximum atomic E-state index is 12.8. The SMILES string of the molecule is CCOC(=O)c1c(NC(=O)c2ccc(CC)cc2)sc2c1CCC(C(C)(C)C)C2. The Kier molecular flexibility index (Phi) is 6.47. The zero-order valence-corrected chi connectivity index (χ0v) is 18.9. The maximum Gasteiger partial charge on any atom is 0.341 e. The molecule has 1 aliphatic rings. The number of hydrogen-bond donors (Lipinski definition) is 1. The number of rotatable bonds is 5. The Balaban J connectivity index is 1.91. The molecule has 0 bridgehead atoms. The zero-order chi connectivity index (χ0) is 21.2. The average Bonchev–Trinajstić information content (AvgIpc) is 3.04. The van der Waals surface area contributed by atoms with Gasteiger partial charge in [-0.3, -0.25) is 4.79 Å². The molecule has 2 aromatic rings. The Hall–Kier alpha value is -2.14. The Morgan fingerprint density at radius 2 is 1.86 bits per heavy atom. The Morgan fingerprint density at radius 3 is 2.45 bits per heavy atom. The predicted molar refractivity (Wildman–Crippen MR) is 119 cm³/mol. The quantitative estimate of drug-likeness (QED) is 0.622. The highest BCUT2D eigenvalue weighted by Crippen LogP contribution is 2.44. The molecular weight excluding hydrogens is 382 g/mol. The number of aryl methyl sites for hydroxylation is 1. The summed E-state index contributed by atoms with van der Waals surface area (Å²) in [7, 11) is 0. The smallest absolute Gasteiger partial charge is 0.341 e. The summed E-state index contributed by atoms with van der Waals surface area (Å²) in [5.74, 6) is 0.0360. The molecule has 0 fully saturated rings. The number of thiophene rings is 1. The van der Waals surface area contributed by atoms with Crippen molar-refractivity contribution in [1.82, 2.24) is 0 Å². The molecular formula is C24H31NO3S. The van der Waals surface area contributed by atoms with Gasteiger partial charge in [0.1, 0.15) is 5.00 Å². The van der Waals surface area contributed by atoms with Crippen molar-refractivity contribution in [2.75, 3.05) is 11.9 Å². The molecule has 156 valence electrons. The second-order valence-electron chi connectivity index (χ2n) is 8.74. The zero-order valence-electron chi connectivity index (χ0n) is 18.1. The number of anilines is 1. The van der Waals surface area contributed by atoms with Crippen molar-refractivity contribution in [1.29, 1.82) is 0 Å². The van der Waals surface area contributed by atoms with Gasteiger partial charge in [-0.1, -0.05) is 39.8 Å². The summed E-state index contributed by atoms with van der Waals surface area (Å²) < 4.78 is 5.32. The third kappa shape index (κ3) is 4.72. The maximum absolute atomic E-state index is 12.8. The molecule has 0 spiro atoms. The third-order valence-electron chi connectivity index (χ3n) is 5.82. The second-order valence-corrected chi connectivity index (χ2v) is 9.84. The van der Waals surface area contributed by atoms with Gasteiger partial charge in [-0.25, -0.2) is 4.79 Å². The van der Waals surface area contributed by atoms with E-state index >= 15 is 0 Å². The minimum atomic E-state index is -0.337. The van der Waals surface area contributed by atoms with E-state index in [1.54, 1.807) is 6.92 Å². The first-order chi connectivity index (χ1) is 13.7. The van der Waals surface area contributed by atoms with E-state index in [-0.39, 0.29) is 17.3 Å². The Bertz CT molecular complexity index is 890. The van der Waals surface area contributed by atoms with E-state index in [0.717, 1.165) is 31.2 Å². The molecule has 3 rings (SSSR count). The van der Waals surface area contributed by atoms with Gasteiger partial charge in [0.25, 0.3) is 5.91 Å². The van der Waals surface area contributed by atoms with E-state index in [4.69, 9.17) is 4.74 Å². The van der Waals surface area contributed by atoms with Gasteiger partial charge >= 0.3 is 5.97 Å². The topological polar surface area (TPSA) is 55.4 Å². The van der Waals surface area contributed by atoms with Crippen LogP contribution in [0.5, 0.6) is 0 Å². The first-order valence-electron chi connectivity index (χ1n) is 10.5. The van der Waals surface area contributed by atoms with Crippen LogP contribution in [0.3, 0.4) is 0 Å². The normalized spacial score (nSPS) is 16.2. The summed E-state index contributed by atoms with van der Waals surface area (Å²) in [5.41, 5.74) is 3.61. The summed E-state index contributed by atoms with van der Waals surface area (Å²) in [6.45, 7) is 11.0. The highest BCUT2D eigenvalue weighted by Gasteiger charge is 2.34. The molecule has 1 heterocycles. The highest BCUT2D eigenvalue weighted by molar-refractivity contribution is 7.17. The third-order valence-corrected chi connectivity index (χ3v) is 6.99. The fourth-order valence-electron chi connectivity index (χ4n) is 3.90. The predicted octanol–water partition coefficient (Wildman–Crippen LogP) is 5.89. The molecule has 1 unspecified atom stereocenters. The molecule has 1 aromatic heterocycles. The van der Waals surface area contributed by atoms with Crippen LogP contribution in [-0.2, 0) is 24.0 Å². The highest BCUT2D eigenvalue weighted by atomic mass is 32.1. The van der Waals surface area contributed by atoms with Crippen molar-refractivity contribution in [3.63, 3.8) is 0 Å². The van der Waals surface area contributed by atoms with Crippen molar-refractivity contribution in [2.24, 2.45) is 11.3 Å². The molecule has 0 aliphatic heterocycles. The van der Waals surface area contributed by atoms with Crippen LogP contribution in [0.25, 0.3) is 0 Å². The second kappa shape index (κ2) is 8.70. The van der Waals surface area contributed by atoms with Gasteiger partial charge in [-0.15, -0.1) is 11.3 Å². The van der Waals surface area contributed by atoms with Crippen LogP contribution < -0.4 is 5.32 Å². The fourth-order valence-corrected chi connectivity index (χ4v) is 5.21. The number of hydrogen-bond acceptors (Lipinski definition) is 4. The summed E-state index contributed by atoms with van der Waals surface area (Å²) in [6.07, 6.45) is 3.77. The van der Waals surface area contributed by atoms with E-state index < -0.39 is 0 Å². The van der Waals surface area contributed by atoms with Gasteiger partial charge in [0.2, 0.25) is 0 Å². The van der Waals surface area contributed by atoms with Crippen molar-refractivity contribution in [2.45, 2.75) is 60.3 Å². The van der Waals surface area contributed by atoms with Crippen molar-refractivity contribution < 1.29 is 14.3 Å². The van der Waals surface area contributed by atoms with Crippen LogP contribution in [0, 0.1) is 11.3 Å². The summed E-state index contributed by atoms with van der Waals surface area (Å²) in [4.78, 5) is 26.7. The molecule has 1 aliphatic carbocycles. The van der Waals surface area contributed by atoms with Crippen molar-refractivity contribution in [3.05, 3.63) is 51.4 Å². The van der Waals surface area contributed by atoms with E-state index in [9.17, 15) is 9.59 Å². The lowest BCUT2D eigenvalue weighted by Gasteiger charge is -2.33.